The zero-order valence-electron chi connectivity index (χ0n) is 11.2. The van der Waals surface area contributed by atoms with Crippen molar-refractivity contribution in [3.8, 4) is 0 Å². The largest absolute Gasteiger partial charge is 0.397 e. The number of imidazole rings is 1. The molecular weight excluding hydrogens is 254 g/mol. The van der Waals surface area contributed by atoms with Crippen LogP contribution in [0.4, 0.5) is 17.1 Å². The van der Waals surface area contributed by atoms with Crippen LogP contribution >= 0.6 is 0 Å². The van der Waals surface area contributed by atoms with Gasteiger partial charge in [0.2, 0.25) is 5.91 Å². The van der Waals surface area contributed by atoms with Crippen molar-refractivity contribution in [1.82, 2.24) is 9.97 Å². The van der Waals surface area contributed by atoms with Crippen molar-refractivity contribution in [2.75, 3.05) is 16.4 Å². The van der Waals surface area contributed by atoms with Crippen molar-refractivity contribution in [2.24, 2.45) is 0 Å². The van der Waals surface area contributed by atoms with Crippen molar-refractivity contribution in [2.45, 2.75) is 25.8 Å². The highest BCUT2D eigenvalue weighted by atomic mass is 16.1. The van der Waals surface area contributed by atoms with Gasteiger partial charge in [0.1, 0.15) is 5.82 Å². The molecule has 5 N–H and O–H groups in total. The number of nitrogens with zero attached hydrogens (tertiary/aromatic N) is 1. The maximum Gasteiger partial charge on any atom is 0.224 e. The Kier molecular flexibility index (Phi) is 3.06. The number of benzene rings is 1. The molecule has 0 fully saturated rings. The van der Waals surface area contributed by atoms with Crippen LogP contribution in [0, 0.1) is 0 Å². The van der Waals surface area contributed by atoms with E-state index in [-0.39, 0.29) is 11.9 Å². The number of fused-ring (bicyclic) bond motifs is 1. The average Bonchev–Trinajstić information content (AvgIpc) is 2.94. The van der Waals surface area contributed by atoms with Gasteiger partial charge in [-0.3, -0.25) is 4.79 Å². The highest BCUT2D eigenvalue weighted by molar-refractivity contribution is 5.95. The molecule has 20 heavy (non-hydrogen) atoms. The Morgan fingerprint density at radius 1 is 1.40 bits per heavy atom. The predicted molar refractivity (Wildman–Crippen MR) is 78.4 cm³/mol. The van der Waals surface area contributed by atoms with Crippen molar-refractivity contribution in [3.63, 3.8) is 0 Å². The SMILES string of the molecule is CC(Nc1cc2c(cc1N)NC(=O)CC2)c1ncc[nH]1. The Labute approximate surface area is 116 Å². The molecule has 0 saturated carbocycles. The van der Waals surface area contributed by atoms with Crippen LogP contribution in [-0.4, -0.2) is 15.9 Å². The number of anilines is 3. The van der Waals surface area contributed by atoms with Gasteiger partial charge in [0.05, 0.1) is 17.4 Å². The summed E-state index contributed by atoms with van der Waals surface area (Å²) >= 11 is 0. The van der Waals surface area contributed by atoms with Crippen LogP contribution < -0.4 is 16.4 Å². The number of H-pyrrole nitrogens is 1. The van der Waals surface area contributed by atoms with E-state index in [1.165, 1.54) is 0 Å². The normalized spacial score (nSPS) is 15.3. The monoisotopic (exact) mass is 271 g/mol. The van der Waals surface area contributed by atoms with Gasteiger partial charge in [0.25, 0.3) is 0 Å². The first-order valence-corrected chi connectivity index (χ1v) is 6.61. The van der Waals surface area contributed by atoms with E-state index >= 15 is 0 Å². The summed E-state index contributed by atoms with van der Waals surface area (Å²) in [6.07, 6.45) is 4.77. The van der Waals surface area contributed by atoms with Gasteiger partial charge in [0, 0.05) is 24.5 Å². The predicted octanol–water partition coefficient (Wildman–Crippen LogP) is 2.05. The Balaban J connectivity index is 1.85. The Morgan fingerprint density at radius 2 is 2.25 bits per heavy atom. The number of aryl methyl sites for hydroxylation is 1. The zero-order valence-corrected chi connectivity index (χ0v) is 11.2. The summed E-state index contributed by atoms with van der Waals surface area (Å²) in [5, 5.41) is 6.19. The molecule has 1 aromatic heterocycles. The van der Waals surface area contributed by atoms with E-state index in [4.69, 9.17) is 5.73 Å². The van der Waals surface area contributed by atoms with Gasteiger partial charge in [-0.1, -0.05) is 0 Å². The zero-order chi connectivity index (χ0) is 14.1. The van der Waals surface area contributed by atoms with E-state index in [0.29, 0.717) is 12.1 Å². The molecule has 6 nitrogen and oxygen atoms in total. The fourth-order valence-electron chi connectivity index (χ4n) is 2.39. The van der Waals surface area contributed by atoms with Crippen molar-refractivity contribution < 1.29 is 4.79 Å². The first-order chi connectivity index (χ1) is 9.63. The fraction of sp³-hybridized carbons (Fsp3) is 0.286. The third-order valence-corrected chi connectivity index (χ3v) is 3.47. The summed E-state index contributed by atoms with van der Waals surface area (Å²) < 4.78 is 0. The third kappa shape index (κ3) is 2.32. The molecule has 0 radical (unpaired) electrons. The number of aromatic nitrogens is 2. The van der Waals surface area contributed by atoms with Crippen LogP contribution in [0.5, 0.6) is 0 Å². The highest BCUT2D eigenvalue weighted by Crippen LogP contribution is 2.32. The molecule has 1 atom stereocenters. The molecule has 1 aliphatic heterocycles. The molecule has 0 saturated heterocycles. The standard InChI is InChI=1S/C14H17N5O/c1-8(14-16-4-5-17-14)18-12-6-9-2-3-13(20)19-11(9)7-10(12)15/h4-8,18H,2-3,15H2,1H3,(H,16,17)(H,19,20). The molecule has 104 valence electrons. The Bertz CT molecular complexity index is 635. The fourth-order valence-corrected chi connectivity index (χ4v) is 2.39. The van der Waals surface area contributed by atoms with E-state index in [1.54, 1.807) is 12.4 Å². The average molecular weight is 271 g/mol. The molecule has 1 amide bonds. The molecule has 2 heterocycles. The summed E-state index contributed by atoms with van der Waals surface area (Å²) in [5.74, 6) is 0.900. The van der Waals surface area contributed by atoms with Crippen molar-refractivity contribution in [1.29, 1.82) is 0 Å². The molecular formula is C14H17N5O. The van der Waals surface area contributed by atoms with Crippen LogP contribution in [0.1, 0.15) is 30.8 Å². The number of rotatable bonds is 3. The van der Waals surface area contributed by atoms with E-state index in [1.807, 2.05) is 19.1 Å². The second-order valence-corrected chi connectivity index (χ2v) is 4.99. The number of carbonyl (C=O) groups excluding carboxylic acids is 1. The molecule has 0 aliphatic carbocycles. The smallest absolute Gasteiger partial charge is 0.224 e. The first kappa shape index (κ1) is 12.5. The second kappa shape index (κ2) is 4.88. The lowest BCUT2D eigenvalue weighted by Crippen LogP contribution is -2.20. The molecule has 0 bridgehead atoms. The van der Waals surface area contributed by atoms with Crippen LogP contribution in [0.25, 0.3) is 0 Å². The van der Waals surface area contributed by atoms with Gasteiger partial charge in [-0.25, -0.2) is 4.98 Å². The molecule has 1 unspecified atom stereocenters. The van der Waals surface area contributed by atoms with Gasteiger partial charge in [-0.2, -0.15) is 0 Å². The maximum atomic E-state index is 11.4. The van der Waals surface area contributed by atoms with Crippen LogP contribution in [-0.2, 0) is 11.2 Å². The van der Waals surface area contributed by atoms with Crippen LogP contribution in [0.3, 0.4) is 0 Å². The maximum absolute atomic E-state index is 11.4. The van der Waals surface area contributed by atoms with E-state index < -0.39 is 0 Å². The van der Waals surface area contributed by atoms with E-state index in [9.17, 15) is 4.79 Å². The van der Waals surface area contributed by atoms with Crippen LogP contribution in [0.2, 0.25) is 0 Å². The van der Waals surface area contributed by atoms with Gasteiger partial charge in [-0.05, 0) is 31.0 Å². The number of nitrogens with two attached hydrogens (primary N) is 1. The molecule has 1 aliphatic rings. The number of amides is 1. The third-order valence-electron chi connectivity index (χ3n) is 3.47. The first-order valence-electron chi connectivity index (χ1n) is 6.61. The topological polar surface area (TPSA) is 95.8 Å². The lowest BCUT2D eigenvalue weighted by atomic mass is 10.0. The lowest BCUT2D eigenvalue weighted by Gasteiger charge is -2.21. The van der Waals surface area contributed by atoms with Gasteiger partial charge >= 0.3 is 0 Å². The molecule has 6 heteroatoms. The molecule has 2 aromatic rings. The summed E-state index contributed by atoms with van der Waals surface area (Å²) in [5.41, 5.74) is 9.45. The van der Waals surface area contributed by atoms with Gasteiger partial charge in [0.15, 0.2) is 0 Å². The number of nitrogen functional groups attached to an aromatic ring is 1. The van der Waals surface area contributed by atoms with Crippen molar-refractivity contribution in [3.05, 3.63) is 35.9 Å². The van der Waals surface area contributed by atoms with Crippen LogP contribution in [0.15, 0.2) is 24.5 Å². The Morgan fingerprint density at radius 3 is 3.00 bits per heavy atom. The second-order valence-electron chi connectivity index (χ2n) is 4.99. The van der Waals surface area contributed by atoms with Crippen molar-refractivity contribution >= 4 is 23.0 Å². The number of nitrogens with one attached hydrogen (secondary N) is 3. The highest BCUT2D eigenvalue weighted by Gasteiger charge is 2.17. The number of carbonyl (C=O) groups is 1. The summed E-state index contributed by atoms with van der Waals surface area (Å²) in [6.45, 7) is 2.01. The van der Waals surface area contributed by atoms with Gasteiger partial charge < -0.3 is 21.4 Å². The summed E-state index contributed by atoms with van der Waals surface area (Å²) in [7, 11) is 0. The Hall–Kier alpha value is -2.50. The summed E-state index contributed by atoms with van der Waals surface area (Å²) in [6, 6.07) is 3.84. The minimum atomic E-state index is 0.0310. The minimum absolute atomic E-state index is 0.0310. The molecule has 1 aromatic carbocycles. The molecule has 3 rings (SSSR count). The minimum Gasteiger partial charge on any atom is -0.397 e. The number of hydrogen-bond donors (Lipinski definition) is 4. The van der Waals surface area contributed by atoms with E-state index in [0.717, 1.165) is 29.2 Å². The summed E-state index contributed by atoms with van der Waals surface area (Å²) in [4.78, 5) is 18.7. The quantitative estimate of drug-likeness (QED) is 0.642. The van der Waals surface area contributed by atoms with E-state index in [2.05, 4.69) is 20.6 Å². The lowest BCUT2D eigenvalue weighted by molar-refractivity contribution is -0.116. The number of aromatic amines is 1. The van der Waals surface area contributed by atoms with Gasteiger partial charge in [-0.15, -0.1) is 0 Å². The number of hydrogen-bond acceptors (Lipinski definition) is 4. The molecule has 0 spiro atoms.